The predicted octanol–water partition coefficient (Wildman–Crippen LogP) is 2.21. The van der Waals surface area contributed by atoms with Crippen LogP contribution in [0, 0.1) is 12.3 Å². The van der Waals surface area contributed by atoms with E-state index >= 15 is 0 Å². The molecular formula is C14H18N2O. The van der Waals surface area contributed by atoms with Crippen LogP contribution in [-0.4, -0.2) is 30.4 Å². The van der Waals surface area contributed by atoms with E-state index in [1.807, 2.05) is 32.0 Å². The fourth-order valence-corrected chi connectivity index (χ4v) is 1.52. The van der Waals surface area contributed by atoms with Gasteiger partial charge in [-0.15, -0.1) is 6.42 Å². The maximum absolute atomic E-state index is 12.1. The number of carbonyl (C=O) groups is 1. The minimum absolute atomic E-state index is 0.0632. The fraction of sp³-hybridized carbons (Fsp3) is 0.357. The summed E-state index contributed by atoms with van der Waals surface area (Å²) in [7, 11) is 1.70. The van der Waals surface area contributed by atoms with Gasteiger partial charge in [-0.1, -0.05) is 18.1 Å². The highest BCUT2D eigenvalue weighted by molar-refractivity contribution is 5.99. The molecule has 1 amide bonds. The average molecular weight is 230 g/mol. The molecule has 3 heteroatoms. The van der Waals surface area contributed by atoms with Crippen molar-refractivity contribution in [3.05, 3.63) is 29.8 Å². The number of nitrogens with one attached hydrogen (secondary N) is 1. The Kier molecular flexibility index (Phi) is 4.59. The molecule has 90 valence electrons. The molecule has 17 heavy (non-hydrogen) atoms. The van der Waals surface area contributed by atoms with Crippen LogP contribution in [0.2, 0.25) is 0 Å². The lowest BCUT2D eigenvalue weighted by Gasteiger charge is -2.18. The molecule has 0 saturated carbocycles. The number of nitrogens with zero attached hydrogens (tertiary/aromatic N) is 1. The Hall–Kier alpha value is -1.95. The molecule has 0 unspecified atom stereocenters. The van der Waals surface area contributed by atoms with Gasteiger partial charge in [-0.3, -0.25) is 4.79 Å². The average Bonchev–Trinajstić information content (AvgIpc) is 2.28. The van der Waals surface area contributed by atoms with Crippen LogP contribution in [0.4, 0.5) is 5.69 Å². The molecule has 1 aromatic rings. The largest absolute Gasteiger partial charge is 0.382 e. The molecule has 0 fully saturated rings. The summed E-state index contributed by atoms with van der Waals surface area (Å²) in [6.07, 6.45) is 5.20. The van der Waals surface area contributed by atoms with Crippen molar-refractivity contribution in [2.75, 3.05) is 18.9 Å². The quantitative estimate of drug-likeness (QED) is 0.804. The molecule has 0 aliphatic rings. The monoisotopic (exact) mass is 230 g/mol. The fourth-order valence-electron chi connectivity index (χ4n) is 1.52. The second-order valence-electron chi connectivity index (χ2n) is 4.21. The van der Waals surface area contributed by atoms with Crippen molar-refractivity contribution < 1.29 is 4.79 Å². The van der Waals surface area contributed by atoms with Crippen LogP contribution < -0.4 is 5.32 Å². The predicted molar refractivity (Wildman–Crippen MR) is 71.0 cm³/mol. The van der Waals surface area contributed by atoms with Gasteiger partial charge in [0.05, 0.1) is 12.1 Å². The maximum atomic E-state index is 12.1. The van der Waals surface area contributed by atoms with Gasteiger partial charge in [-0.05, 0) is 26.0 Å². The molecular weight excluding hydrogens is 212 g/mol. The van der Waals surface area contributed by atoms with Crippen LogP contribution in [0.25, 0.3) is 0 Å². The van der Waals surface area contributed by atoms with Crippen molar-refractivity contribution >= 4 is 11.6 Å². The topological polar surface area (TPSA) is 32.3 Å². The molecule has 0 saturated heterocycles. The van der Waals surface area contributed by atoms with E-state index in [-0.39, 0.29) is 11.9 Å². The molecule has 0 aliphatic heterocycles. The Balaban J connectivity index is 2.97. The molecule has 0 aliphatic carbocycles. The van der Waals surface area contributed by atoms with Gasteiger partial charge in [0.15, 0.2) is 0 Å². The molecule has 1 rings (SSSR count). The second kappa shape index (κ2) is 5.95. The first-order valence-electron chi connectivity index (χ1n) is 5.60. The van der Waals surface area contributed by atoms with E-state index in [1.165, 1.54) is 4.90 Å². The number of anilines is 1. The number of terminal acetylenes is 1. The van der Waals surface area contributed by atoms with Gasteiger partial charge < -0.3 is 10.2 Å². The van der Waals surface area contributed by atoms with E-state index in [0.717, 1.165) is 5.69 Å². The van der Waals surface area contributed by atoms with Crippen LogP contribution in [0.3, 0.4) is 0 Å². The van der Waals surface area contributed by atoms with Crippen molar-refractivity contribution in [3.8, 4) is 12.3 Å². The second-order valence-corrected chi connectivity index (χ2v) is 4.21. The molecule has 0 atom stereocenters. The molecule has 1 aromatic carbocycles. The third kappa shape index (κ3) is 3.53. The zero-order chi connectivity index (χ0) is 12.8. The number of hydrogen-bond donors (Lipinski definition) is 1. The maximum Gasteiger partial charge on any atom is 0.256 e. The van der Waals surface area contributed by atoms with Crippen LogP contribution in [0.15, 0.2) is 24.3 Å². The summed E-state index contributed by atoms with van der Waals surface area (Å²) in [5, 5.41) is 3.25. The normalized spacial score (nSPS) is 9.82. The highest BCUT2D eigenvalue weighted by Gasteiger charge is 2.14. The Labute approximate surface area is 103 Å². The molecule has 0 aromatic heterocycles. The lowest BCUT2D eigenvalue weighted by Crippen LogP contribution is -2.28. The number of carbonyl (C=O) groups excluding carboxylic acids is 1. The van der Waals surface area contributed by atoms with Crippen molar-refractivity contribution in [3.63, 3.8) is 0 Å². The number of para-hydroxylation sites is 1. The first-order valence-corrected chi connectivity index (χ1v) is 5.60. The number of amides is 1. The van der Waals surface area contributed by atoms with Crippen molar-refractivity contribution in [1.29, 1.82) is 0 Å². The van der Waals surface area contributed by atoms with Crippen LogP contribution in [0.1, 0.15) is 24.2 Å². The Morgan fingerprint density at radius 1 is 1.47 bits per heavy atom. The summed E-state index contributed by atoms with van der Waals surface area (Å²) in [4.78, 5) is 13.7. The van der Waals surface area contributed by atoms with Gasteiger partial charge in [-0.2, -0.15) is 0 Å². The molecule has 0 spiro atoms. The minimum Gasteiger partial charge on any atom is -0.382 e. The summed E-state index contributed by atoms with van der Waals surface area (Å²) in [6, 6.07) is 7.74. The van der Waals surface area contributed by atoms with Crippen LogP contribution >= 0.6 is 0 Å². The number of hydrogen-bond acceptors (Lipinski definition) is 2. The molecule has 0 bridgehead atoms. The summed E-state index contributed by atoms with van der Waals surface area (Å²) in [5.74, 6) is 2.40. The highest BCUT2D eigenvalue weighted by atomic mass is 16.2. The van der Waals surface area contributed by atoms with Gasteiger partial charge >= 0.3 is 0 Å². The van der Waals surface area contributed by atoms with Crippen molar-refractivity contribution in [2.24, 2.45) is 0 Å². The minimum atomic E-state index is -0.0632. The Morgan fingerprint density at radius 2 is 2.12 bits per heavy atom. The SMILES string of the molecule is C#CCN(C)C(=O)c1ccccc1NC(C)C. The van der Waals surface area contributed by atoms with E-state index < -0.39 is 0 Å². The lowest BCUT2D eigenvalue weighted by atomic mass is 10.1. The number of benzene rings is 1. The van der Waals surface area contributed by atoms with E-state index in [2.05, 4.69) is 11.2 Å². The smallest absolute Gasteiger partial charge is 0.256 e. The van der Waals surface area contributed by atoms with E-state index in [0.29, 0.717) is 12.1 Å². The molecule has 0 radical (unpaired) electrons. The third-order valence-corrected chi connectivity index (χ3v) is 2.28. The van der Waals surface area contributed by atoms with E-state index in [4.69, 9.17) is 6.42 Å². The van der Waals surface area contributed by atoms with Gasteiger partial charge in [-0.25, -0.2) is 0 Å². The standard InChI is InChI=1S/C14H18N2O/c1-5-10-16(4)14(17)12-8-6-7-9-13(12)15-11(2)3/h1,6-9,11,15H,10H2,2-4H3. The summed E-state index contributed by atoms with van der Waals surface area (Å²) in [6.45, 7) is 4.38. The zero-order valence-corrected chi connectivity index (χ0v) is 10.5. The van der Waals surface area contributed by atoms with Gasteiger partial charge in [0.1, 0.15) is 0 Å². The molecule has 3 nitrogen and oxygen atoms in total. The zero-order valence-electron chi connectivity index (χ0n) is 10.5. The molecule has 0 heterocycles. The first-order chi connectivity index (χ1) is 8.06. The van der Waals surface area contributed by atoms with E-state index in [9.17, 15) is 4.79 Å². The Bertz CT molecular complexity index is 432. The highest BCUT2D eigenvalue weighted by Crippen LogP contribution is 2.17. The number of rotatable bonds is 4. The van der Waals surface area contributed by atoms with Gasteiger partial charge in [0, 0.05) is 18.8 Å². The lowest BCUT2D eigenvalue weighted by molar-refractivity contribution is 0.0813. The van der Waals surface area contributed by atoms with Gasteiger partial charge in [0.2, 0.25) is 0 Å². The summed E-state index contributed by atoms with van der Waals surface area (Å²) in [5.41, 5.74) is 1.50. The summed E-state index contributed by atoms with van der Waals surface area (Å²) >= 11 is 0. The van der Waals surface area contributed by atoms with Crippen LogP contribution in [0.5, 0.6) is 0 Å². The van der Waals surface area contributed by atoms with Crippen molar-refractivity contribution in [2.45, 2.75) is 19.9 Å². The molecule has 1 N–H and O–H groups in total. The third-order valence-electron chi connectivity index (χ3n) is 2.28. The van der Waals surface area contributed by atoms with Crippen molar-refractivity contribution in [1.82, 2.24) is 4.90 Å². The summed E-state index contributed by atoms with van der Waals surface area (Å²) < 4.78 is 0. The van der Waals surface area contributed by atoms with Crippen LogP contribution in [-0.2, 0) is 0 Å². The Morgan fingerprint density at radius 3 is 2.71 bits per heavy atom. The van der Waals surface area contributed by atoms with Gasteiger partial charge in [0.25, 0.3) is 5.91 Å². The first kappa shape index (κ1) is 13.1. The van der Waals surface area contributed by atoms with E-state index in [1.54, 1.807) is 13.1 Å².